The zero-order valence-corrected chi connectivity index (χ0v) is 47.2. The highest BCUT2D eigenvalue weighted by molar-refractivity contribution is 5.76. The third kappa shape index (κ3) is 57.4. The molecule has 72 heavy (non-hydrogen) atoms. The summed E-state index contributed by atoms with van der Waals surface area (Å²) < 4.78 is 0. The van der Waals surface area contributed by atoms with Crippen LogP contribution < -0.4 is 5.32 Å². The van der Waals surface area contributed by atoms with Crippen molar-refractivity contribution in [3.63, 3.8) is 0 Å². The number of rotatable bonds is 54. The van der Waals surface area contributed by atoms with E-state index in [2.05, 4.69) is 141 Å². The molecule has 2 atom stereocenters. The summed E-state index contributed by atoms with van der Waals surface area (Å²) in [5.41, 5.74) is 0. The van der Waals surface area contributed by atoms with Crippen molar-refractivity contribution in [1.29, 1.82) is 0 Å². The number of nitrogens with one attached hydrogen (secondary N) is 1. The fourth-order valence-electron chi connectivity index (χ4n) is 8.56. The fraction of sp³-hybridized carbons (Fsp3) is 0.662. The van der Waals surface area contributed by atoms with Crippen molar-refractivity contribution in [3.05, 3.63) is 134 Å². The van der Waals surface area contributed by atoms with Gasteiger partial charge in [0.15, 0.2) is 0 Å². The van der Waals surface area contributed by atoms with Gasteiger partial charge in [-0.3, -0.25) is 4.79 Å². The predicted octanol–water partition coefficient (Wildman–Crippen LogP) is 20.6. The average molecular weight is 995 g/mol. The number of allylic oxidation sites excluding steroid dienone is 21. The molecule has 4 nitrogen and oxygen atoms in total. The summed E-state index contributed by atoms with van der Waals surface area (Å²) in [5, 5.41) is 23.2. The Kier molecular flexibility index (Phi) is 58.8. The Morgan fingerprint density at radius 2 is 0.611 bits per heavy atom. The summed E-state index contributed by atoms with van der Waals surface area (Å²) in [5.74, 6) is -0.0818. The average Bonchev–Trinajstić information content (AvgIpc) is 3.39. The van der Waals surface area contributed by atoms with Gasteiger partial charge in [0.1, 0.15) is 0 Å². The van der Waals surface area contributed by atoms with Gasteiger partial charge >= 0.3 is 0 Å². The number of hydrogen-bond acceptors (Lipinski definition) is 3. The minimum Gasteiger partial charge on any atom is -0.394 e. The van der Waals surface area contributed by atoms with E-state index in [-0.39, 0.29) is 12.5 Å². The molecule has 3 N–H and O–H groups in total. The van der Waals surface area contributed by atoms with Crippen molar-refractivity contribution in [3.8, 4) is 0 Å². The molecule has 0 aliphatic rings. The molecular weight excluding hydrogens is 879 g/mol. The summed E-state index contributed by atoms with van der Waals surface area (Å²) in [4.78, 5) is 12.5. The topological polar surface area (TPSA) is 69.6 Å². The van der Waals surface area contributed by atoms with Crippen LogP contribution in [0.3, 0.4) is 0 Å². The van der Waals surface area contributed by atoms with Gasteiger partial charge in [-0.2, -0.15) is 0 Å². The normalized spacial score (nSPS) is 13.8. The maximum Gasteiger partial charge on any atom is 0.220 e. The Hall–Kier alpha value is -3.47. The molecular formula is C68H115NO3. The Morgan fingerprint density at radius 3 is 0.917 bits per heavy atom. The van der Waals surface area contributed by atoms with Crippen LogP contribution in [0.1, 0.15) is 271 Å². The smallest absolute Gasteiger partial charge is 0.220 e. The zero-order valence-electron chi connectivity index (χ0n) is 47.2. The maximum atomic E-state index is 12.5. The van der Waals surface area contributed by atoms with Gasteiger partial charge in [-0.15, -0.1) is 0 Å². The molecule has 0 saturated carbocycles. The molecule has 0 radical (unpaired) electrons. The van der Waals surface area contributed by atoms with E-state index in [0.717, 1.165) is 103 Å². The van der Waals surface area contributed by atoms with Gasteiger partial charge in [0.05, 0.1) is 18.8 Å². The van der Waals surface area contributed by atoms with Crippen LogP contribution in [0.15, 0.2) is 134 Å². The molecule has 0 saturated heterocycles. The van der Waals surface area contributed by atoms with Gasteiger partial charge in [-0.1, -0.05) is 302 Å². The number of amides is 1. The lowest BCUT2D eigenvalue weighted by molar-refractivity contribution is -0.123. The lowest BCUT2D eigenvalue weighted by Gasteiger charge is -2.20. The molecule has 0 aliphatic heterocycles. The first kappa shape index (κ1) is 68.5. The van der Waals surface area contributed by atoms with Gasteiger partial charge in [0, 0.05) is 6.42 Å². The highest BCUT2D eigenvalue weighted by Crippen LogP contribution is 2.16. The molecule has 0 aromatic carbocycles. The summed E-state index contributed by atoms with van der Waals surface area (Å²) in [7, 11) is 0. The molecule has 0 aromatic heterocycles. The van der Waals surface area contributed by atoms with E-state index < -0.39 is 12.1 Å². The second kappa shape index (κ2) is 61.8. The molecule has 1 amide bonds. The second-order valence-electron chi connectivity index (χ2n) is 20.0. The van der Waals surface area contributed by atoms with Crippen molar-refractivity contribution in [1.82, 2.24) is 5.32 Å². The molecule has 4 heteroatoms. The monoisotopic (exact) mass is 994 g/mol. The summed E-state index contributed by atoms with van der Waals surface area (Å²) in [6.45, 7) is 4.20. The van der Waals surface area contributed by atoms with E-state index in [1.54, 1.807) is 6.08 Å². The number of aliphatic hydroxyl groups is 2. The summed E-state index contributed by atoms with van der Waals surface area (Å²) in [6.07, 6.45) is 96.2. The van der Waals surface area contributed by atoms with Crippen LogP contribution in [0.25, 0.3) is 0 Å². The molecule has 0 spiro atoms. The van der Waals surface area contributed by atoms with Crippen molar-refractivity contribution in [2.75, 3.05) is 6.61 Å². The molecule has 0 aliphatic carbocycles. The van der Waals surface area contributed by atoms with Crippen LogP contribution >= 0.6 is 0 Å². The summed E-state index contributed by atoms with van der Waals surface area (Å²) >= 11 is 0. The Morgan fingerprint density at radius 1 is 0.347 bits per heavy atom. The van der Waals surface area contributed by atoms with Gasteiger partial charge in [-0.25, -0.2) is 0 Å². The van der Waals surface area contributed by atoms with Crippen molar-refractivity contribution < 1.29 is 15.0 Å². The van der Waals surface area contributed by atoms with Crippen molar-refractivity contribution in [2.24, 2.45) is 0 Å². The number of carbonyl (C=O) groups is 1. The Labute approximate surface area is 447 Å². The van der Waals surface area contributed by atoms with E-state index in [1.165, 1.54) is 148 Å². The lowest BCUT2D eigenvalue weighted by atomic mass is 10.0. The minimum atomic E-state index is -0.856. The molecule has 2 unspecified atom stereocenters. The standard InChI is InChI=1S/C68H115NO3/c1-3-5-7-9-11-13-15-17-19-21-23-25-27-28-29-30-31-32-33-34-35-36-37-38-39-40-42-44-46-48-50-52-54-56-58-60-62-64-68(72)69-66(65-70)67(71)63-61-59-57-55-53-51-49-47-45-43-41-26-24-22-20-18-16-14-12-10-8-6-4-2/h5,7,11,13,17,19,23,25,28-29,31-32,34-35,37-38,40,42,46,48,61,63,66-67,70-71H,3-4,6,8-10,12,14-16,18,20-22,24,26-27,30,33,36,39,41,43-45,47,49-60,62,64-65H2,1-2H3,(H,69,72)/b7-5-,13-11-,19-17-,25-23-,29-28-,32-31-,35-34-,38-37-,42-40-,48-46-,63-61+. The van der Waals surface area contributed by atoms with Crippen LogP contribution in [-0.2, 0) is 4.79 Å². The molecule has 0 heterocycles. The van der Waals surface area contributed by atoms with E-state index in [0.29, 0.717) is 6.42 Å². The fourth-order valence-corrected chi connectivity index (χ4v) is 8.56. The number of hydrogen-bond donors (Lipinski definition) is 3. The minimum absolute atomic E-state index is 0.0818. The first-order valence-electron chi connectivity index (χ1n) is 30.4. The quantitative estimate of drug-likeness (QED) is 0.0420. The number of unbranched alkanes of at least 4 members (excludes halogenated alkanes) is 27. The maximum absolute atomic E-state index is 12.5. The SMILES string of the molecule is CC/C=C\C/C=C\C/C=C\C/C=C\C/C=C\C/C=C\C/C=C\C/C=C\C/C=C\C/C=C\CCCCCCCCC(=O)NC(CO)C(O)/C=C/CCCCCCCCCCCCCCCCCCCCCCC. The zero-order chi connectivity index (χ0) is 52.0. The van der Waals surface area contributed by atoms with Crippen LogP contribution in [0, 0.1) is 0 Å². The Bertz CT molecular complexity index is 1450. The van der Waals surface area contributed by atoms with E-state index in [1.807, 2.05) is 6.08 Å². The van der Waals surface area contributed by atoms with Crippen LogP contribution in [0.4, 0.5) is 0 Å². The van der Waals surface area contributed by atoms with E-state index in [9.17, 15) is 15.0 Å². The largest absolute Gasteiger partial charge is 0.394 e. The Balaban J connectivity index is 3.64. The lowest BCUT2D eigenvalue weighted by Crippen LogP contribution is -2.45. The first-order valence-corrected chi connectivity index (χ1v) is 30.4. The highest BCUT2D eigenvalue weighted by Gasteiger charge is 2.18. The number of aliphatic hydroxyl groups excluding tert-OH is 2. The van der Waals surface area contributed by atoms with Gasteiger partial charge in [0.2, 0.25) is 5.91 Å². The molecule has 0 aromatic rings. The number of carbonyl (C=O) groups excluding carboxylic acids is 1. The van der Waals surface area contributed by atoms with E-state index >= 15 is 0 Å². The van der Waals surface area contributed by atoms with E-state index in [4.69, 9.17) is 0 Å². The third-order valence-corrected chi connectivity index (χ3v) is 13.1. The first-order chi connectivity index (χ1) is 35.7. The van der Waals surface area contributed by atoms with Crippen molar-refractivity contribution in [2.45, 2.75) is 283 Å². The molecule has 410 valence electrons. The third-order valence-electron chi connectivity index (χ3n) is 13.1. The molecule has 0 fully saturated rings. The van der Waals surface area contributed by atoms with Crippen molar-refractivity contribution >= 4 is 5.91 Å². The molecule has 0 bridgehead atoms. The van der Waals surface area contributed by atoms with Gasteiger partial charge in [0.25, 0.3) is 0 Å². The predicted molar refractivity (Wildman–Crippen MR) is 322 cm³/mol. The summed E-state index contributed by atoms with van der Waals surface area (Å²) in [6, 6.07) is -0.641. The van der Waals surface area contributed by atoms with Gasteiger partial charge < -0.3 is 15.5 Å². The van der Waals surface area contributed by atoms with Crippen LogP contribution in [0.2, 0.25) is 0 Å². The van der Waals surface area contributed by atoms with Crippen LogP contribution in [0.5, 0.6) is 0 Å². The van der Waals surface area contributed by atoms with Gasteiger partial charge in [-0.05, 0) is 96.3 Å². The van der Waals surface area contributed by atoms with Crippen LogP contribution in [-0.4, -0.2) is 34.9 Å². The highest BCUT2D eigenvalue weighted by atomic mass is 16.3. The molecule has 0 rings (SSSR count). The second-order valence-corrected chi connectivity index (χ2v) is 20.0.